The Labute approximate surface area is 225 Å². The highest BCUT2D eigenvalue weighted by Gasteiger charge is 2.11. The van der Waals surface area contributed by atoms with Crippen LogP contribution in [0, 0.1) is 0 Å². The Hall–Kier alpha value is -4.53. The second-order valence-corrected chi connectivity index (χ2v) is 10.7. The average molecular weight is 504 g/mol. The largest absolute Gasteiger partial charge is 0.264 e. The van der Waals surface area contributed by atoms with Gasteiger partial charge in [0.1, 0.15) is 0 Å². The van der Waals surface area contributed by atoms with Gasteiger partial charge in [-0.3, -0.25) is 4.98 Å². The molecule has 0 amide bonds. The zero-order chi connectivity index (χ0) is 25.6. The first kappa shape index (κ1) is 22.7. The van der Waals surface area contributed by atoms with E-state index in [-0.39, 0.29) is 0 Å². The van der Waals surface area contributed by atoms with Crippen molar-refractivity contribution in [2.24, 2.45) is 0 Å². The molecule has 0 saturated carbocycles. The molecule has 2 aromatic heterocycles. The molecule has 7 rings (SSSR count). The molecule has 2 heterocycles. The molecule has 38 heavy (non-hydrogen) atoms. The van der Waals surface area contributed by atoms with E-state index in [1.54, 1.807) is 0 Å². The summed E-state index contributed by atoms with van der Waals surface area (Å²) < 4.78 is 2.59. The number of pyridine rings is 1. The Balaban J connectivity index is 1.41. The van der Waals surface area contributed by atoms with Crippen LogP contribution in [0.2, 0.25) is 0 Å². The zero-order valence-electron chi connectivity index (χ0n) is 21.1. The minimum Gasteiger partial charge on any atom is -0.264 e. The summed E-state index contributed by atoms with van der Waals surface area (Å²) in [6, 6.07) is 33.3. The van der Waals surface area contributed by atoms with Crippen LogP contribution in [0.1, 0.15) is 6.92 Å². The normalized spacial score (nSPS) is 12.8. The summed E-state index contributed by atoms with van der Waals surface area (Å²) in [5, 5.41) is 10.0. The van der Waals surface area contributed by atoms with Crippen LogP contribution in [0.5, 0.6) is 0 Å². The molecular formula is C36H25NS. The monoisotopic (exact) mass is 503 g/mol. The lowest BCUT2D eigenvalue weighted by atomic mass is 9.92. The van der Waals surface area contributed by atoms with Gasteiger partial charge in [0.2, 0.25) is 0 Å². The number of allylic oxidation sites excluding steroid dienone is 1. The highest BCUT2D eigenvalue weighted by molar-refractivity contribution is 7.17. The summed E-state index contributed by atoms with van der Waals surface area (Å²) in [5.74, 6) is 0. The van der Waals surface area contributed by atoms with E-state index in [1.807, 2.05) is 29.8 Å². The number of nitrogens with zero attached hydrogens (tertiary/aromatic N) is 1. The number of benzene rings is 5. The van der Waals surface area contributed by atoms with E-state index in [0.29, 0.717) is 0 Å². The van der Waals surface area contributed by atoms with Gasteiger partial charge in [-0.2, -0.15) is 0 Å². The third-order valence-electron chi connectivity index (χ3n) is 7.47. The average Bonchev–Trinajstić information content (AvgIpc) is 3.34. The van der Waals surface area contributed by atoms with Crippen LogP contribution in [-0.2, 0) is 0 Å². The molecule has 0 N–H and O–H groups in total. The van der Waals surface area contributed by atoms with Crippen LogP contribution in [-0.4, -0.2) is 4.98 Å². The van der Waals surface area contributed by atoms with Crippen LogP contribution in [0.3, 0.4) is 0 Å². The van der Waals surface area contributed by atoms with Crippen LogP contribution < -0.4 is 9.75 Å². The van der Waals surface area contributed by atoms with E-state index in [1.165, 1.54) is 74.4 Å². The molecule has 0 spiro atoms. The van der Waals surface area contributed by atoms with Gasteiger partial charge in [0.25, 0.3) is 0 Å². The SMILES string of the molecule is C=C/C=c1\c(=C/C)sc2ccc(-c3cccc(-c4ccc5c6ccncc6c6ccccc6c5c4)c3)cc12. The molecule has 0 aliphatic heterocycles. The number of hydrogen-bond donors (Lipinski definition) is 0. The van der Waals surface area contributed by atoms with Gasteiger partial charge in [0.15, 0.2) is 0 Å². The lowest BCUT2D eigenvalue weighted by Crippen LogP contribution is -2.17. The fourth-order valence-electron chi connectivity index (χ4n) is 5.68. The van der Waals surface area contributed by atoms with Gasteiger partial charge in [-0.05, 0) is 91.7 Å². The standard InChI is InChI=1S/C36H25NS/c1-3-8-31-33-21-26(14-16-36(33)38-35(31)4-2)24-10-7-9-23(19-24)25-13-15-29-30-17-18-37-22-34(30)28-12-6-5-11-27(28)32(29)20-25/h3-22H,1H2,2H3/b31-8-,35-4+. The van der Waals surface area contributed by atoms with Gasteiger partial charge in [-0.25, -0.2) is 0 Å². The van der Waals surface area contributed by atoms with Crippen molar-refractivity contribution in [1.29, 1.82) is 0 Å². The lowest BCUT2D eigenvalue weighted by Gasteiger charge is -2.12. The lowest BCUT2D eigenvalue weighted by molar-refractivity contribution is 1.37. The highest BCUT2D eigenvalue weighted by Crippen LogP contribution is 2.37. The maximum absolute atomic E-state index is 4.41. The fourth-order valence-corrected chi connectivity index (χ4v) is 6.73. The molecule has 0 bridgehead atoms. The molecular weight excluding hydrogens is 478 g/mol. The molecule has 0 aliphatic carbocycles. The summed E-state index contributed by atoms with van der Waals surface area (Å²) in [6.07, 6.45) is 10.1. The summed E-state index contributed by atoms with van der Waals surface area (Å²) in [6.45, 7) is 6.03. The van der Waals surface area contributed by atoms with Crippen molar-refractivity contribution in [3.63, 3.8) is 0 Å². The van der Waals surface area contributed by atoms with Crippen LogP contribution in [0.4, 0.5) is 0 Å². The van der Waals surface area contributed by atoms with Gasteiger partial charge in [0, 0.05) is 32.4 Å². The van der Waals surface area contributed by atoms with E-state index in [2.05, 4.69) is 122 Å². The van der Waals surface area contributed by atoms with Crippen molar-refractivity contribution in [3.8, 4) is 22.3 Å². The molecule has 2 heteroatoms. The first-order valence-electron chi connectivity index (χ1n) is 12.9. The quantitative estimate of drug-likeness (QED) is 0.219. The Bertz CT molecular complexity index is 2130. The molecule has 5 aromatic carbocycles. The van der Waals surface area contributed by atoms with E-state index in [4.69, 9.17) is 0 Å². The predicted molar refractivity (Wildman–Crippen MR) is 167 cm³/mol. The van der Waals surface area contributed by atoms with Crippen molar-refractivity contribution in [2.45, 2.75) is 6.92 Å². The molecule has 0 radical (unpaired) electrons. The maximum atomic E-state index is 4.41. The fraction of sp³-hybridized carbons (Fsp3) is 0.0278. The van der Waals surface area contributed by atoms with Crippen LogP contribution >= 0.6 is 11.3 Å². The van der Waals surface area contributed by atoms with Crippen molar-refractivity contribution in [1.82, 2.24) is 4.98 Å². The summed E-state index contributed by atoms with van der Waals surface area (Å²) in [4.78, 5) is 4.41. The second kappa shape index (κ2) is 9.09. The van der Waals surface area contributed by atoms with E-state index in [9.17, 15) is 0 Å². The Morgan fingerprint density at radius 3 is 2.05 bits per heavy atom. The summed E-state index contributed by atoms with van der Waals surface area (Å²) in [5.41, 5.74) is 4.88. The minimum atomic E-state index is 1.20. The van der Waals surface area contributed by atoms with Gasteiger partial charge in [-0.15, -0.1) is 11.3 Å². The first-order chi connectivity index (χ1) is 18.7. The molecule has 0 saturated heterocycles. The second-order valence-electron chi connectivity index (χ2n) is 9.59. The van der Waals surface area contributed by atoms with Crippen LogP contribution in [0.25, 0.3) is 76.8 Å². The third-order valence-corrected chi connectivity index (χ3v) is 8.72. The third kappa shape index (κ3) is 3.57. The van der Waals surface area contributed by atoms with Gasteiger partial charge in [0.05, 0.1) is 0 Å². The zero-order valence-corrected chi connectivity index (χ0v) is 21.9. The topological polar surface area (TPSA) is 12.9 Å². The van der Waals surface area contributed by atoms with Gasteiger partial charge in [-0.1, -0.05) is 85.5 Å². The Kier molecular flexibility index (Phi) is 5.42. The molecule has 0 atom stereocenters. The molecule has 180 valence electrons. The van der Waals surface area contributed by atoms with E-state index >= 15 is 0 Å². The first-order valence-corrected chi connectivity index (χ1v) is 13.7. The smallest absolute Gasteiger partial charge is 0.0355 e. The Morgan fingerprint density at radius 1 is 0.632 bits per heavy atom. The highest BCUT2D eigenvalue weighted by atomic mass is 32.1. The van der Waals surface area contributed by atoms with E-state index in [0.717, 1.165) is 0 Å². The Morgan fingerprint density at radius 2 is 1.29 bits per heavy atom. The number of thiophene rings is 1. The summed E-state index contributed by atoms with van der Waals surface area (Å²) in [7, 11) is 0. The number of hydrogen-bond acceptors (Lipinski definition) is 2. The van der Waals surface area contributed by atoms with E-state index < -0.39 is 0 Å². The number of fused-ring (bicyclic) bond motifs is 7. The van der Waals surface area contributed by atoms with Crippen molar-refractivity contribution >= 4 is 65.9 Å². The van der Waals surface area contributed by atoms with Crippen LogP contribution in [0.15, 0.2) is 116 Å². The number of rotatable bonds is 3. The van der Waals surface area contributed by atoms with Gasteiger partial charge >= 0.3 is 0 Å². The van der Waals surface area contributed by atoms with Crippen molar-refractivity contribution < 1.29 is 0 Å². The molecule has 0 unspecified atom stereocenters. The summed E-state index contributed by atoms with van der Waals surface area (Å²) >= 11 is 1.83. The van der Waals surface area contributed by atoms with Gasteiger partial charge < -0.3 is 0 Å². The van der Waals surface area contributed by atoms with Crippen molar-refractivity contribution in [3.05, 3.63) is 126 Å². The molecule has 1 nitrogen and oxygen atoms in total. The minimum absolute atomic E-state index is 1.20. The maximum Gasteiger partial charge on any atom is 0.0355 e. The predicted octanol–water partition coefficient (Wildman–Crippen LogP) is 8.86. The molecule has 0 fully saturated rings. The molecule has 7 aromatic rings. The molecule has 0 aliphatic rings. The number of aromatic nitrogens is 1. The van der Waals surface area contributed by atoms with Crippen molar-refractivity contribution in [2.75, 3.05) is 0 Å².